The van der Waals surface area contributed by atoms with Gasteiger partial charge in [0.25, 0.3) is 11.7 Å². The van der Waals surface area contributed by atoms with Gasteiger partial charge < -0.3 is 14.6 Å². The predicted molar refractivity (Wildman–Crippen MR) is 134 cm³/mol. The number of hydrogen-bond donors (Lipinski definition) is 1. The smallest absolute Gasteiger partial charge is 0.338 e. The minimum atomic E-state index is -0.966. The summed E-state index contributed by atoms with van der Waals surface area (Å²) in [7, 11) is 1.54. The Morgan fingerprint density at radius 3 is 2.39 bits per heavy atom. The van der Waals surface area contributed by atoms with Gasteiger partial charge in [0.05, 0.1) is 30.5 Å². The third-order valence-electron chi connectivity index (χ3n) is 5.90. The molecule has 0 saturated carbocycles. The van der Waals surface area contributed by atoms with Crippen LogP contribution in [0.25, 0.3) is 5.76 Å². The molecule has 1 fully saturated rings. The standard InChI is InChI=1S/C28H26N2O6/c1-4-15-36-28(34)18-8-11-20(12-9-18)30-24(21-7-5-6-14-29-21)23(26(32)27(30)33)25(31)19-10-13-22(35-3)17(2)16-19/h5-14,16,24,31H,4,15H2,1-3H3/b25-23-. The highest BCUT2D eigenvalue weighted by atomic mass is 16.5. The van der Waals surface area contributed by atoms with Gasteiger partial charge in [-0.05, 0) is 73.5 Å². The van der Waals surface area contributed by atoms with Crippen LogP contribution in [-0.2, 0) is 14.3 Å². The fourth-order valence-corrected chi connectivity index (χ4v) is 4.13. The van der Waals surface area contributed by atoms with Crippen LogP contribution in [0.4, 0.5) is 5.69 Å². The molecule has 2 aromatic carbocycles. The van der Waals surface area contributed by atoms with E-state index in [-0.39, 0.29) is 11.3 Å². The molecule has 1 N–H and O–H groups in total. The largest absolute Gasteiger partial charge is 0.507 e. The summed E-state index contributed by atoms with van der Waals surface area (Å²) in [6.07, 6.45) is 2.26. The molecule has 1 aromatic heterocycles. The van der Waals surface area contributed by atoms with Gasteiger partial charge >= 0.3 is 5.97 Å². The van der Waals surface area contributed by atoms with Crippen LogP contribution in [-0.4, -0.2) is 41.5 Å². The summed E-state index contributed by atoms with van der Waals surface area (Å²) in [4.78, 5) is 44.4. The Labute approximate surface area is 208 Å². The highest BCUT2D eigenvalue weighted by Gasteiger charge is 2.47. The Morgan fingerprint density at radius 1 is 1.06 bits per heavy atom. The molecule has 0 radical (unpaired) electrons. The van der Waals surface area contributed by atoms with E-state index in [1.165, 1.54) is 17.0 Å². The Bertz CT molecular complexity index is 1330. The van der Waals surface area contributed by atoms with Crippen LogP contribution in [0, 0.1) is 6.92 Å². The lowest BCUT2D eigenvalue weighted by Crippen LogP contribution is -2.29. The van der Waals surface area contributed by atoms with Crippen molar-refractivity contribution in [2.24, 2.45) is 0 Å². The topological polar surface area (TPSA) is 106 Å². The van der Waals surface area contributed by atoms with Crippen LogP contribution in [0.5, 0.6) is 5.75 Å². The van der Waals surface area contributed by atoms with Gasteiger partial charge in [-0.15, -0.1) is 0 Å². The number of carbonyl (C=O) groups excluding carboxylic acids is 3. The van der Waals surface area contributed by atoms with Crippen LogP contribution in [0.15, 0.2) is 72.4 Å². The lowest BCUT2D eigenvalue weighted by Gasteiger charge is -2.24. The predicted octanol–water partition coefficient (Wildman–Crippen LogP) is 4.59. The molecule has 184 valence electrons. The van der Waals surface area contributed by atoms with Crippen LogP contribution in [0.2, 0.25) is 0 Å². The SMILES string of the molecule is CCCOC(=O)c1ccc(N2C(=O)C(=O)/C(=C(\O)c3ccc(OC)c(C)c3)C2c2ccccn2)cc1. The van der Waals surface area contributed by atoms with Crippen molar-refractivity contribution in [2.75, 3.05) is 18.6 Å². The number of pyridine rings is 1. The third-order valence-corrected chi connectivity index (χ3v) is 5.90. The van der Waals surface area contributed by atoms with Gasteiger partial charge in [-0.2, -0.15) is 0 Å². The summed E-state index contributed by atoms with van der Waals surface area (Å²) in [5.41, 5.74) is 2.18. The number of aromatic nitrogens is 1. The number of anilines is 1. The van der Waals surface area contributed by atoms with E-state index in [0.29, 0.717) is 41.3 Å². The van der Waals surface area contributed by atoms with E-state index in [1.54, 1.807) is 61.8 Å². The monoisotopic (exact) mass is 486 g/mol. The average Bonchev–Trinajstić information content (AvgIpc) is 3.17. The van der Waals surface area contributed by atoms with E-state index in [2.05, 4.69) is 4.98 Å². The highest BCUT2D eigenvalue weighted by Crippen LogP contribution is 2.41. The summed E-state index contributed by atoms with van der Waals surface area (Å²) in [6, 6.07) is 15.4. The van der Waals surface area contributed by atoms with Crippen LogP contribution in [0.3, 0.4) is 0 Å². The molecule has 1 amide bonds. The molecule has 0 aliphatic carbocycles. The number of aryl methyl sites for hydroxylation is 1. The van der Waals surface area contributed by atoms with Crippen LogP contribution < -0.4 is 9.64 Å². The summed E-state index contributed by atoms with van der Waals surface area (Å²) in [5, 5.41) is 11.2. The van der Waals surface area contributed by atoms with Crippen molar-refractivity contribution in [3.63, 3.8) is 0 Å². The minimum absolute atomic E-state index is 0.0744. The number of methoxy groups -OCH3 is 1. The summed E-state index contributed by atoms with van der Waals surface area (Å²) in [6.45, 7) is 4.02. The first-order chi connectivity index (χ1) is 17.4. The molecule has 1 unspecified atom stereocenters. The number of Topliss-reactive ketones (excluding diaryl/α,β-unsaturated/α-hetero) is 1. The molecule has 0 spiro atoms. The van der Waals surface area contributed by atoms with Crippen molar-refractivity contribution in [1.29, 1.82) is 0 Å². The number of aliphatic hydroxyl groups is 1. The number of hydrogen-bond acceptors (Lipinski definition) is 7. The van der Waals surface area contributed by atoms with Crippen LogP contribution >= 0.6 is 0 Å². The zero-order chi connectivity index (χ0) is 25.8. The molecule has 1 aliphatic heterocycles. The zero-order valence-electron chi connectivity index (χ0n) is 20.2. The first kappa shape index (κ1) is 24.7. The maximum Gasteiger partial charge on any atom is 0.338 e. The number of carbonyl (C=O) groups is 3. The van der Waals surface area contributed by atoms with Gasteiger partial charge in [0.2, 0.25) is 0 Å². The second-order valence-electron chi connectivity index (χ2n) is 8.29. The first-order valence-corrected chi connectivity index (χ1v) is 11.5. The third kappa shape index (κ3) is 4.57. The van der Waals surface area contributed by atoms with Gasteiger partial charge in [0.15, 0.2) is 0 Å². The lowest BCUT2D eigenvalue weighted by atomic mass is 9.97. The number of ether oxygens (including phenoxy) is 2. The average molecular weight is 487 g/mol. The molecule has 2 heterocycles. The van der Waals surface area contributed by atoms with Crippen molar-refractivity contribution < 1.29 is 29.0 Å². The molecule has 1 atom stereocenters. The molecule has 1 aliphatic rings. The zero-order valence-corrected chi connectivity index (χ0v) is 20.2. The number of nitrogens with zero attached hydrogens (tertiary/aromatic N) is 2. The molecule has 3 aromatic rings. The van der Waals surface area contributed by atoms with Gasteiger partial charge in [-0.3, -0.25) is 19.5 Å². The fourth-order valence-electron chi connectivity index (χ4n) is 4.13. The van der Waals surface area contributed by atoms with Crippen molar-refractivity contribution in [3.8, 4) is 5.75 Å². The molecular weight excluding hydrogens is 460 g/mol. The van der Waals surface area contributed by atoms with E-state index in [1.807, 2.05) is 13.8 Å². The Morgan fingerprint density at radius 2 is 1.78 bits per heavy atom. The Hall–Kier alpha value is -4.46. The molecule has 4 rings (SSSR count). The molecule has 36 heavy (non-hydrogen) atoms. The normalized spacial score (nSPS) is 16.8. The van der Waals surface area contributed by atoms with E-state index in [4.69, 9.17) is 9.47 Å². The number of benzene rings is 2. The Balaban J connectivity index is 1.81. The van der Waals surface area contributed by atoms with E-state index in [0.717, 1.165) is 5.56 Å². The minimum Gasteiger partial charge on any atom is -0.507 e. The summed E-state index contributed by atoms with van der Waals surface area (Å²) < 4.78 is 10.4. The maximum absolute atomic E-state index is 13.3. The maximum atomic E-state index is 13.3. The second-order valence-corrected chi connectivity index (χ2v) is 8.29. The van der Waals surface area contributed by atoms with Crippen molar-refractivity contribution in [3.05, 3.63) is 94.8 Å². The quantitative estimate of drug-likeness (QED) is 0.225. The summed E-state index contributed by atoms with van der Waals surface area (Å²) in [5.74, 6) is -1.79. The number of ketones is 1. The van der Waals surface area contributed by atoms with Gasteiger partial charge in [0.1, 0.15) is 17.6 Å². The lowest BCUT2D eigenvalue weighted by molar-refractivity contribution is -0.132. The highest BCUT2D eigenvalue weighted by molar-refractivity contribution is 6.51. The van der Waals surface area contributed by atoms with Crippen molar-refractivity contribution in [1.82, 2.24) is 4.98 Å². The van der Waals surface area contributed by atoms with Gasteiger partial charge in [-0.1, -0.05) is 13.0 Å². The Kier molecular flexibility index (Phi) is 7.15. The fraction of sp³-hybridized carbons (Fsp3) is 0.214. The summed E-state index contributed by atoms with van der Waals surface area (Å²) >= 11 is 0. The van der Waals surface area contributed by atoms with E-state index >= 15 is 0 Å². The number of aliphatic hydroxyl groups excluding tert-OH is 1. The van der Waals surface area contributed by atoms with Crippen LogP contribution in [0.1, 0.15) is 46.6 Å². The molecular formula is C28H26N2O6. The first-order valence-electron chi connectivity index (χ1n) is 11.5. The van der Waals surface area contributed by atoms with Gasteiger partial charge in [-0.25, -0.2) is 4.79 Å². The molecule has 8 heteroatoms. The number of esters is 1. The number of rotatable bonds is 7. The molecule has 0 bridgehead atoms. The van der Waals surface area contributed by atoms with E-state index in [9.17, 15) is 19.5 Å². The van der Waals surface area contributed by atoms with Crippen molar-refractivity contribution in [2.45, 2.75) is 26.3 Å². The van der Waals surface area contributed by atoms with Gasteiger partial charge in [0, 0.05) is 17.4 Å². The molecule has 1 saturated heterocycles. The van der Waals surface area contributed by atoms with Crippen molar-refractivity contribution >= 4 is 29.1 Å². The molecule has 8 nitrogen and oxygen atoms in total. The second kappa shape index (κ2) is 10.4. The van der Waals surface area contributed by atoms with E-state index < -0.39 is 23.7 Å². The number of amides is 1.